The number of rotatable bonds is 5. The third-order valence-electron chi connectivity index (χ3n) is 4.49. The number of hydrogen-bond acceptors (Lipinski definition) is 7. The molecule has 1 fully saturated rings. The van der Waals surface area contributed by atoms with Gasteiger partial charge in [0.05, 0.1) is 11.7 Å². The van der Waals surface area contributed by atoms with Crippen molar-refractivity contribution in [3.63, 3.8) is 0 Å². The van der Waals surface area contributed by atoms with Crippen LogP contribution in [0.5, 0.6) is 0 Å². The summed E-state index contributed by atoms with van der Waals surface area (Å²) < 4.78 is 1.73. The molecule has 4 rings (SSSR count). The van der Waals surface area contributed by atoms with Crippen molar-refractivity contribution in [3.05, 3.63) is 53.7 Å². The minimum atomic E-state index is -0.107. The summed E-state index contributed by atoms with van der Waals surface area (Å²) in [7, 11) is 1.85. The lowest BCUT2D eigenvalue weighted by atomic mass is 10.1. The van der Waals surface area contributed by atoms with Crippen molar-refractivity contribution < 1.29 is 4.79 Å². The van der Waals surface area contributed by atoms with Crippen LogP contribution in [0.3, 0.4) is 0 Å². The molecule has 9 heteroatoms. The predicted octanol–water partition coefficient (Wildman–Crippen LogP) is 2.79. The summed E-state index contributed by atoms with van der Waals surface area (Å²) in [6.07, 6.45) is 11.9. The Morgan fingerprint density at radius 2 is 2.15 bits per heavy atom. The highest BCUT2D eigenvalue weighted by atomic mass is 32.1. The Morgan fingerprint density at radius 3 is 2.93 bits per heavy atom. The highest BCUT2D eigenvalue weighted by molar-refractivity contribution is 7.13. The van der Waals surface area contributed by atoms with E-state index in [-0.39, 0.29) is 11.9 Å². The first-order valence-electron chi connectivity index (χ1n) is 8.66. The zero-order valence-electron chi connectivity index (χ0n) is 14.8. The Balaban J connectivity index is 1.56. The Labute approximate surface area is 160 Å². The van der Waals surface area contributed by atoms with Crippen molar-refractivity contribution in [1.29, 1.82) is 0 Å². The summed E-state index contributed by atoms with van der Waals surface area (Å²) in [5, 5.41) is 9.98. The van der Waals surface area contributed by atoms with Crippen LogP contribution < -0.4 is 5.32 Å². The number of nitrogens with one attached hydrogen (secondary N) is 1. The normalized spacial score (nSPS) is 16.9. The highest BCUT2D eigenvalue weighted by Gasteiger charge is 2.32. The number of carbonyl (C=O) groups is 1. The zero-order chi connectivity index (χ0) is 18.6. The van der Waals surface area contributed by atoms with Gasteiger partial charge in [-0.15, -0.1) is 11.3 Å². The van der Waals surface area contributed by atoms with Crippen molar-refractivity contribution in [1.82, 2.24) is 29.6 Å². The van der Waals surface area contributed by atoms with Crippen LogP contribution in [-0.2, 0) is 11.8 Å². The van der Waals surface area contributed by atoms with E-state index in [0.717, 1.165) is 29.4 Å². The quantitative estimate of drug-likeness (QED) is 0.684. The number of hydrogen-bond donors (Lipinski definition) is 1. The van der Waals surface area contributed by atoms with Crippen molar-refractivity contribution in [2.75, 3.05) is 11.9 Å². The fourth-order valence-electron chi connectivity index (χ4n) is 3.19. The molecule has 0 bridgehead atoms. The van der Waals surface area contributed by atoms with Gasteiger partial charge in [0, 0.05) is 49.8 Å². The van der Waals surface area contributed by atoms with Gasteiger partial charge in [-0.05, 0) is 25.0 Å². The van der Waals surface area contributed by atoms with Crippen molar-refractivity contribution in [3.8, 4) is 0 Å². The second kappa shape index (κ2) is 7.67. The molecule has 3 aromatic rings. The van der Waals surface area contributed by atoms with E-state index in [0.29, 0.717) is 12.4 Å². The number of thiazole rings is 1. The molecule has 0 aliphatic carbocycles. The van der Waals surface area contributed by atoms with E-state index < -0.39 is 0 Å². The Bertz CT molecular complexity index is 950. The van der Waals surface area contributed by atoms with Gasteiger partial charge in [0.1, 0.15) is 5.69 Å². The maximum absolute atomic E-state index is 12.8. The van der Waals surface area contributed by atoms with Crippen molar-refractivity contribution in [2.45, 2.75) is 18.9 Å². The molecule has 1 N–H and O–H groups in total. The molecule has 1 aliphatic rings. The molecular weight excluding hydrogens is 362 g/mol. The average molecular weight is 381 g/mol. The third kappa shape index (κ3) is 3.72. The van der Waals surface area contributed by atoms with Gasteiger partial charge < -0.3 is 10.2 Å². The highest BCUT2D eigenvalue weighted by Crippen LogP contribution is 2.35. The van der Waals surface area contributed by atoms with E-state index in [1.54, 1.807) is 41.6 Å². The zero-order valence-corrected chi connectivity index (χ0v) is 15.6. The number of carbonyl (C=O) groups excluding carboxylic acids is 1. The average Bonchev–Trinajstić information content (AvgIpc) is 3.42. The monoisotopic (exact) mass is 381 g/mol. The van der Waals surface area contributed by atoms with Gasteiger partial charge in [-0.2, -0.15) is 5.10 Å². The molecule has 1 atom stereocenters. The summed E-state index contributed by atoms with van der Waals surface area (Å²) >= 11 is 1.49. The summed E-state index contributed by atoms with van der Waals surface area (Å²) in [5.74, 6) is 0.609. The first-order chi connectivity index (χ1) is 13.2. The first kappa shape index (κ1) is 17.3. The molecule has 0 spiro atoms. The standard InChI is InChI=1S/C18H19N7OS/c1-24-13(6-7-22-24)4-5-15(26)25-11-2-3-14(25)16-17(20-9-8-19-16)23-18-21-10-12-27-18/h4-10,12,14H,2-3,11H2,1H3,(H,20,21,23)/b5-4+/t14-/m0/s1. The number of likely N-dealkylation sites (tertiary alicyclic amines) is 1. The number of nitrogens with zero attached hydrogens (tertiary/aromatic N) is 6. The summed E-state index contributed by atoms with van der Waals surface area (Å²) in [4.78, 5) is 27.8. The predicted molar refractivity (Wildman–Crippen MR) is 103 cm³/mol. The smallest absolute Gasteiger partial charge is 0.247 e. The fraction of sp³-hybridized carbons (Fsp3) is 0.278. The molecule has 1 aliphatic heterocycles. The van der Waals surface area contributed by atoms with Crippen LogP contribution in [0.1, 0.15) is 30.3 Å². The molecule has 27 heavy (non-hydrogen) atoms. The van der Waals surface area contributed by atoms with Gasteiger partial charge in [0.15, 0.2) is 10.9 Å². The van der Waals surface area contributed by atoms with Gasteiger partial charge >= 0.3 is 0 Å². The summed E-state index contributed by atoms with van der Waals surface area (Å²) in [6, 6.07) is 1.76. The second-order valence-electron chi connectivity index (χ2n) is 6.16. The molecule has 1 amide bonds. The van der Waals surface area contributed by atoms with Crippen LogP contribution in [0.25, 0.3) is 6.08 Å². The van der Waals surface area contributed by atoms with E-state index in [4.69, 9.17) is 0 Å². The van der Waals surface area contributed by atoms with Crippen LogP contribution in [0.2, 0.25) is 0 Å². The molecule has 0 saturated carbocycles. The Morgan fingerprint density at radius 1 is 1.26 bits per heavy atom. The molecule has 3 aromatic heterocycles. The number of aryl methyl sites for hydroxylation is 1. The number of aromatic nitrogens is 5. The molecular formula is C18H19N7OS. The largest absolute Gasteiger partial charge is 0.330 e. The Hall–Kier alpha value is -3.07. The molecule has 1 saturated heterocycles. The van der Waals surface area contributed by atoms with Gasteiger partial charge in [-0.25, -0.2) is 9.97 Å². The minimum absolute atomic E-state index is 0.0375. The summed E-state index contributed by atoms with van der Waals surface area (Å²) in [6.45, 7) is 0.701. The van der Waals surface area contributed by atoms with Crippen molar-refractivity contribution in [2.24, 2.45) is 7.05 Å². The van der Waals surface area contributed by atoms with Crippen LogP contribution in [0, 0.1) is 0 Å². The Kier molecular flexibility index (Phi) is 4.93. The van der Waals surface area contributed by atoms with E-state index in [9.17, 15) is 4.79 Å². The number of anilines is 2. The van der Waals surface area contributed by atoms with Gasteiger partial charge in [0.25, 0.3) is 0 Å². The van der Waals surface area contributed by atoms with Gasteiger partial charge in [-0.3, -0.25) is 14.5 Å². The van der Waals surface area contributed by atoms with Gasteiger partial charge in [-0.1, -0.05) is 0 Å². The lowest BCUT2D eigenvalue weighted by molar-refractivity contribution is -0.126. The molecule has 8 nitrogen and oxygen atoms in total. The van der Waals surface area contributed by atoms with E-state index in [2.05, 4.69) is 25.4 Å². The van der Waals surface area contributed by atoms with Crippen LogP contribution in [0.4, 0.5) is 10.9 Å². The van der Waals surface area contributed by atoms with E-state index in [1.807, 2.05) is 23.4 Å². The molecule has 138 valence electrons. The number of amides is 1. The first-order valence-corrected chi connectivity index (χ1v) is 9.54. The van der Waals surface area contributed by atoms with Crippen molar-refractivity contribution >= 4 is 34.3 Å². The molecule has 0 unspecified atom stereocenters. The van der Waals surface area contributed by atoms with Gasteiger partial charge in [0.2, 0.25) is 5.91 Å². The van der Waals surface area contributed by atoms with Crippen LogP contribution >= 0.6 is 11.3 Å². The molecule has 4 heterocycles. The van der Waals surface area contributed by atoms with Crippen LogP contribution in [0.15, 0.2) is 42.3 Å². The van der Waals surface area contributed by atoms with Crippen LogP contribution in [-0.4, -0.2) is 42.1 Å². The maximum Gasteiger partial charge on any atom is 0.247 e. The second-order valence-corrected chi connectivity index (χ2v) is 7.05. The topological polar surface area (TPSA) is 88.8 Å². The summed E-state index contributed by atoms with van der Waals surface area (Å²) in [5.41, 5.74) is 1.65. The maximum atomic E-state index is 12.8. The SMILES string of the molecule is Cn1nccc1/C=C/C(=O)N1CCC[C@H]1c1nccnc1Nc1nccs1. The lowest BCUT2D eigenvalue weighted by Gasteiger charge is -2.24. The third-order valence-corrected chi connectivity index (χ3v) is 5.18. The van der Waals surface area contributed by atoms with E-state index in [1.165, 1.54) is 11.3 Å². The van der Waals surface area contributed by atoms with E-state index >= 15 is 0 Å². The fourth-order valence-corrected chi connectivity index (χ4v) is 3.72. The lowest BCUT2D eigenvalue weighted by Crippen LogP contribution is -2.30. The molecule has 0 radical (unpaired) electrons. The minimum Gasteiger partial charge on any atom is -0.330 e. The molecule has 0 aromatic carbocycles.